The SMILES string of the molecule is Cc1cc2ncn(-c3cccc(Cl)c3CN)c2cc1C. The van der Waals surface area contributed by atoms with Crippen LogP contribution in [-0.2, 0) is 6.54 Å². The van der Waals surface area contributed by atoms with Crippen LogP contribution in [0, 0.1) is 13.8 Å². The summed E-state index contributed by atoms with van der Waals surface area (Å²) in [5, 5.41) is 0.690. The zero-order chi connectivity index (χ0) is 14.3. The summed E-state index contributed by atoms with van der Waals surface area (Å²) in [5.74, 6) is 0. The molecule has 2 aromatic carbocycles. The number of aryl methyl sites for hydroxylation is 2. The number of imidazole rings is 1. The average molecular weight is 286 g/mol. The van der Waals surface area contributed by atoms with Crippen LogP contribution in [0.25, 0.3) is 16.7 Å². The van der Waals surface area contributed by atoms with Crippen molar-refractivity contribution in [2.75, 3.05) is 0 Å². The van der Waals surface area contributed by atoms with Crippen LogP contribution in [0.5, 0.6) is 0 Å². The molecule has 2 N–H and O–H groups in total. The Morgan fingerprint density at radius 3 is 2.70 bits per heavy atom. The molecular formula is C16H16ClN3. The van der Waals surface area contributed by atoms with E-state index in [1.807, 2.05) is 24.5 Å². The van der Waals surface area contributed by atoms with Gasteiger partial charge in [0.15, 0.2) is 0 Å². The van der Waals surface area contributed by atoms with Crippen LogP contribution in [0.15, 0.2) is 36.7 Å². The molecular weight excluding hydrogens is 270 g/mol. The minimum Gasteiger partial charge on any atom is -0.326 e. The number of nitrogens with two attached hydrogens (primary N) is 1. The van der Waals surface area contributed by atoms with E-state index in [2.05, 4.69) is 35.5 Å². The smallest absolute Gasteiger partial charge is 0.100 e. The van der Waals surface area contributed by atoms with Gasteiger partial charge in [-0.25, -0.2) is 4.98 Å². The minimum atomic E-state index is 0.402. The number of benzene rings is 2. The van der Waals surface area contributed by atoms with Crippen molar-refractivity contribution in [1.29, 1.82) is 0 Å². The molecule has 0 amide bonds. The van der Waals surface area contributed by atoms with Gasteiger partial charge < -0.3 is 5.73 Å². The molecule has 3 aromatic rings. The summed E-state index contributed by atoms with van der Waals surface area (Å²) < 4.78 is 2.05. The first kappa shape index (κ1) is 13.2. The number of fused-ring (bicyclic) bond motifs is 1. The number of hydrogen-bond donors (Lipinski definition) is 1. The molecule has 1 heterocycles. The molecule has 0 saturated heterocycles. The van der Waals surface area contributed by atoms with Gasteiger partial charge in [-0.1, -0.05) is 17.7 Å². The maximum absolute atomic E-state index is 6.24. The van der Waals surface area contributed by atoms with E-state index < -0.39 is 0 Å². The zero-order valence-electron chi connectivity index (χ0n) is 11.5. The Morgan fingerprint density at radius 1 is 1.20 bits per heavy atom. The Morgan fingerprint density at radius 2 is 1.95 bits per heavy atom. The summed E-state index contributed by atoms with van der Waals surface area (Å²) in [6.45, 7) is 4.60. The fourth-order valence-electron chi connectivity index (χ4n) is 2.43. The highest BCUT2D eigenvalue weighted by molar-refractivity contribution is 6.31. The predicted molar refractivity (Wildman–Crippen MR) is 83.4 cm³/mol. The molecule has 0 fully saturated rings. The van der Waals surface area contributed by atoms with Crippen LogP contribution >= 0.6 is 11.6 Å². The Kier molecular flexibility index (Phi) is 3.24. The molecule has 0 saturated carbocycles. The van der Waals surface area contributed by atoms with Crippen LogP contribution in [0.1, 0.15) is 16.7 Å². The number of rotatable bonds is 2. The summed E-state index contributed by atoms with van der Waals surface area (Å²) in [6, 6.07) is 10.1. The molecule has 0 bridgehead atoms. The van der Waals surface area contributed by atoms with E-state index in [9.17, 15) is 0 Å². The van der Waals surface area contributed by atoms with E-state index in [4.69, 9.17) is 17.3 Å². The molecule has 1 aromatic heterocycles. The van der Waals surface area contributed by atoms with Gasteiger partial charge in [-0.05, 0) is 49.2 Å². The lowest BCUT2D eigenvalue weighted by Gasteiger charge is -2.12. The van der Waals surface area contributed by atoms with Gasteiger partial charge in [0.2, 0.25) is 0 Å². The van der Waals surface area contributed by atoms with Gasteiger partial charge in [0.1, 0.15) is 6.33 Å². The molecule has 4 heteroatoms. The summed E-state index contributed by atoms with van der Waals surface area (Å²) in [7, 11) is 0. The Bertz CT molecular complexity index is 790. The van der Waals surface area contributed by atoms with Crippen molar-refractivity contribution < 1.29 is 0 Å². The van der Waals surface area contributed by atoms with E-state index in [0.717, 1.165) is 22.3 Å². The normalized spacial score (nSPS) is 11.2. The maximum Gasteiger partial charge on any atom is 0.100 e. The first-order valence-electron chi connectivity index (χ1n) is 6.54. The van der Waals surface area contributed by atoms with Crippen molar-refractivity contribution in [2.24, 2.45) is 5.73 Å². The van der Waals surface area contributed by atoms with Gasteiger partial charge in [0, 0.05) is 17.1 Å². The monoisotopic (exact) mass is 285 g/mol. The molecule has 0 radical (unpaired) electrons. The lowest BCUT2D eigenvalue weighted by atomic mass is 10.1. The van der Waals surface area contributed by atoms with Crippen molar-refractivity contribution in [3.63, 3.8) is 0 Å². The third kappa shape index (κ3) is 1.99. The predicted octanol–water partition coefficient (Wildman–Crippen LogP) is 3.75. The molecule has 3 rings (SSSR count). The third-order valence-electron chi connectivity index (χ3n) is 3.72. The lowest BCUT2D eigenvalue weighted by Crippen LogP contribution is -2.04. The Labute approximate surface area is 123 Å². The number of nitrogens with zero attached hydrogens (tertiary/aromatic N) is 2. The van der Waals surface area contributed by atoms with Crippen LogP contribution < -0.4 is 5.73 Å². The molecule has 3 nitrogen and oxygen atoms in total. The van der Waals surface area contributed by atoms with Crippen molar-refractivity contribution >= 4 is 22.6 Å². The van der Waals surface area contributed by atoms with E-state index in [0.29, 0.717) is 11.6 Å². The summed E-state index contributed by atoms with van der Waals surface area (Å²) in [6.07, 6.45) is 1.83. The number of halogens is 1. The summed E-state index contributed by atoms with van der Waals surface area (Å²) in [5.41, 5.74) is 12.3. The fourth-order valence-corrected chi connectivity index (χ4v) is 2.68. The molecule has 0 aliphatic carbocycles. The molecule has 0 atom stereocenters. The molecule has 0 unspecified atom stereocenters. The third-order valence-corrected chi connectivity index (χ3v) is 4.07. The van der Waals surface area contributed by atoms with Crippen LogP contribution in [-0.4, -0.2) is 9.55 Å². The highest BCUT2D eigenvalue weighted by Crippen LogP contribution is 2.27. The summed E-state index contributed by atoms with van der Waals surface area (Å²) >= 11 is 6.24. The second-order valence-electron chi connectivity index (χ2n) is 4.98. The number of aromatic nitrogens is 2. The lowest BCUT2D eigenvalue weighted by molar-refractivity contribution is 1.00. The van der Waals surface area contributed by atoms with Crippen LogP contribution in [0.4, 0.5) is 0 Å². The topological polar surface area (TPSA) is 43.8 Å². The Balaban J connectivity index is 2.30. The zero-order valence-corrected chi connectivity index (χ0v) is 12.3. The largest absolute Gasteiger partial charge is 0.326 e. The van der Waals surface area contributed by atoms with Crippen LogP contribution in [0.3, 0.4) is 0 Å². The summed E-state index contributed by atoms with van der Waals surface area (Å²) in [4.78, 5) is 4.48. The van der Waals surface area contributed by atoms with Crippen molar-refractivity contribution in [3.05, 3.63) is 58.4 Å². The van der Waals surface area contributed by atoms with E-state index >= 15 is 0 Å². The standard InChI is InChI=1S/C16H16ClN3/c1-10-6-14-16(7-11(10)2)20(9-19-14)15-5-3-4-13(17)12(15)8-18/h3-7,9H,8,18H2,1-2H3. The first-order chi connectivity index (χ1) is 9.61. The highest BCUT2D eigenvalue weighted by atomic mass is 35.5. The van der Waals surface area contributed by atoms with Gasteiger partial charge in [-0.2, -0.15) is 0 Å². The minimum absolute atomic E-state index is 0.402. The van der Waals surface area contributed by atoms with Crippen molar-refractivity contribution in [3.8, 4) is 5.69 Å². The quantitative estimate of drug-likeness (QED) is 0.779. The molecule has 0 spiro atoms. The fraction of sp³-hybridized carbons (Fsp3) is 0.188. The van der Waals surface area contributed by atoms with E-state index in [1.54, 1.807) is 0 Å². The first-order valence-corrected chi connectivity index (χ1v) is 6.91. The van der Waals surface area contributed by atoms with Gasteiger partial charge in [0.25, 0.3) is 0 Å². The maximum atomic E-state index is 6.24. The highest BCUT2D eigenvalue weighted by Gasteiger charge is 2.11. The second kappa shape index (κ2) is 4.93. The molecule has 20 heavy (non-hydrogen) atoms. The van der Waals surface area contributed by atoms with Gasteiger partial charge >= 0.3 is 0 Å². The molecule has 102 valence electrons. The Hall–Kier alpha value is -1.84. The van der Waals surface area contributed by atoms with Crippen molar-refractivity contribution in [2.45, 2.75) is 20.4 Å². The molecule has 0 aliphatic heterocycles. The number of hydrogen-bond acceptors (Lipinski definition) is 2. The second-order valence-corrected chi connectivity index (χ2v) is 5.39. The van der Waals surface area contributed by atoms with E-state index in [-0.39, 0.29) is 0 Å². The van der Waals surface area contributed by atoms with Gasteiger partial charge in [-0.3, -0.25) is 4.57 Å². The van der Waals surface area contributed by atoms with Gasteiger partial charge in [0.05, 0.1) is 16.7 Å². The van der Waals surface area contributed by atoms with Gasteiger partial charge in [-0.15, -0.1) is 0 Å². The van der Waals surface area contributed by atoms with Crippen LogP contribution in [0.2, 0.25) is 5.02 Å². The molecule has 0 aliphatic rings. The van der Waals surface area contributed by atoms with E-state index in [1.165, 1.54) is 11.1 Å². The average Bonchev–Trinajstić information content (AvgIpc) is 2.81. The van der Waals surface area contributed by atoms with Crippen molar-refractivity contribution in [1.82, 2.24) is 9.55 Å².